The number of nitrogens with zero attached hydrogens (tertiary/aromatic N) is 2. The number of carbonyl (C=O) groups is 1. The first-order chi connectivity index (χ1) is 13.1. The van der Waals surface area contributed by atoms with E-state index in [1.165, 1.54) is 16.8 Å². The molecule has 1 saturated carbocycles. The first kappa shape index (κ1) is 17.1. The smallest absolute Gasteiger partial charge is 0.310 e. The fourth-order valence-electron chi connectivity index (χ4n) is 6.82. The molecule has 5 rings (SSSR count). The number of hydrogen-bond acceptors (Lipinski definition) is 5. The molecule has 0 unspecified atom stereocenters. The van der Waals surface area contributed by atoms with E-state index in [1.807, 2.05) is 6.07 Å². The lowest BCUT2D eigenvalue weighted by molar-refractivity contribution is -0.158. The molecule has 3 bridgehead atoms. The summed E-state index contributed by atoms with van der Waals surface area (Å²) in [6.45, 7) is 4.14. The van der Waals surface area contributed by atoms with Crippen molar-refractivity contribution in [3.8, 4) is 5.75 Å². The molecule has 144 valence electrons. The van der Waals surface area contributed by atoms with Crippen LogP contribution in [0.5, 0.6) is 5.75 Å². The number of methoxy groups -OCH3 is 2. The number of fused-ring (bicyclic) bond motifs is 2. The number of carbonyl (C=O) groups excluding carboxylic acids is 1. The van der Waals surface area contributed by atoms with E-state index in [4.69, 9.17) is 9.47 Å². The highest BCUT2D eigenvalue weighted by molar-refractivity contribution is 5.80. The van der Waals surface area contributed by atoms with Crippen LogP contribution in [0.15, 0.2) is 29.8 Å². The van der Waals surface area contributed by atoms with Crippen LogP contribution in [0, 0.1) is 11.8 Å². The Morgan fingerprint density at radius 3 is 2.85 bits per heavy atom. The van der Waals surface area contributed by atoms with E-state index in [2.05, 4.69) is 42.0 Å². The molecule has 3 fully saturated rings. The minimum absolute atomic E-state index is 0.0461. The van der Waals surface area contributed by atoms with Gasteiger partial charge in [0.25, 0.3) is 0 Å². The first-order valence-corrected chi connectivity index (χ1v) is 9.95. The summed E-state index contributed by atoms with van der Waals surface area (Å²) in [6.07, 6.45) is 4.28. The van der Waals surface area contributed by atoms with Crippen LogP contribution in [0.4, 0.5) is 5.69 Å². The van der Waals surface area contributed by atoms with Gasteiger partial charge in [0.05, 0.1) is 26.2 Å². The number of allylic oxidation sites excluding steroid dienone is 1. The topological polar surface area (TPSA) is 42.0 Å². The summed E-state index contributed by atoms with van der Waals surface area (Å²) < 4.78 is 10.9. The van der Waals surface area contributed by atoms with Crippen molar-refractivity contribution in [3.63, 3.8) is 0 Å². The van der Waals surface area contributed by atoms with Gasteiger partial charge >= 0.3 is 5.97 Å². The minimum atomic E-state index is -0.178. The molecular formula is C22H28N2O3. The second kappa shape index (κ2) is 5.74. The quantitative estimate of drug-likeness (QED) is 0.593. The van der Waals surface area contributed by atoms with Crippen LogP contribution in [0.25, 0.3) is 0 Å². The third kappa shape index (κ3) is 1.96. The van der Waals surface area contributed by atoms with Crippen molar-refractivity contribution in [2.45, 2.75) is 37.3 Å². The second-order valence-electron chi connectivity index (χ2n) is 8.47. The number of anilines is 1. The molecule has 1 aliphatic carbocycles. The molecule has 0 amide bonds. The zero-order valence-corrected chi connectivity index (χ0v) is 16.6. The highest BCUT2D eigenvalue weighted by Crippen LogP contribution is 2.63. The molecule has 5 atom stereocenters. The predicted octanol–water partition coefficient (Wildman–Crippen LogP) is 2.59. The molecule has 0 spiro atoms. The van der Waals surface area contributed by atoms with Gasteiger partial charge in [0, 0.05) is 36.8 Å². The van der Waals surface area contributed by atoms with Crippen molar-refractivity contribution in [1.82, 2.24) is 4.90 Å². The summed E-state index contributed by atoms with van der Waals surface area (Å²) in [6, 6.07) is 7.18. The van der Waals surface area contributed by atoms with Crippen LogP contribution in [0.3, 0.4) is 0 Å². The lowest BCUT2D eigenvalue weighted by Crippen LogP contribution is -2.72. The Kier molecular flexibility index (Phi) is 3.64. The third-order valence-corrected chi connectivity index (χ3v) is 7.82. The molecule has 1 aromatic rings. The fourth-order valence-corrected chi connectivity index (χ4v) is 6.82. The van der Waals surface area contributed by atoms with Gasteiger partial charge in [0.2, 0.25) is 0 Å². The van der Waals surface area contributed by atoms with E-state index in [0.717, 1.165) is 31.7 Å². The highest BCUT2D eigenvalue weighted by Gasteiger charge is 2.68. The maximum absolute atomic E-state index is 13.2. The monoisotopic (exact) mass is 368 g/mol. The number of likely N-dealkylation sites (N-methyl/N-ethyl adjacent to an activating group) is 1. The SMILES string of the molecule is CC=C1CN2CC[C@@]34c5ccc(OC)cc5N(C)[C@H]3[C@@H]2C[C@H]1[C@H]4C(=O)OC. The van der Waals surface area contributed by atoms with Gasteiger partial charge in [-0.3, -0.25) is 9.69 Å². The van der Waals surface area contributed by atoms with Crippen LogP contribution in [0.2, 0.25) is 0 Å². The van der Waals surface area contributed by atoms with Gasteiger partial charge in [-0.1, -0.05) is 17.7 Å². The van der Waals surface area contributed by atoms with Crippen molar-refractivity contribution >= 4 is 11.7 Å². The summed E-state index contributed by atoms with van der Waals surface area (Å²) >= 11 is 0. The standard InChI is InChI=1S/C22H28N2O3/c1-5-13-12-24-9-8-22-16-7-6-14(26-3)10-17(16)23(2)20(22)18(24)11-15(13)19(22)21(25)27-4/h5-7,10,15,18-20H,8-9,11-12H2,1-4H3/t15-,18+,19+,20+,22+/m1/s1. The van der Waals surface area contributed by atoms with Crippen molar-refractivity contribution in [3.05, 3.63) is 35.4 Å². The Morgan fingerprint density at radius 2 is 2.15 bits per heavy atom. The molecule has 1 aromatic carbocycles. The molecule has 0 N–H and O–H groups in total. The van der Waals surface area contributed by atoms with E-state index < -0.39 is 0 Å². The van der Waals surface area contributed by atoms with Gasteiger partial charge in [-0.15, -0.1) is 0 Å². The number of rotatable bonds is 2. The summed E-state index contributed by atoms with van der Waals surface area (Å²) in [4.78, 5) is 18.2. The molecule has 0 aromatic heterocycles. The highest BCUT2D eigenvalue weighted by atomic mass is 16.5. The Bertz CT molecular complexity index is 835. The van der Waals surface area contributed by atoms with Crippen LogP contribution < -0.4 is 9.64 Å². The van der Waals surface area contributed by atoms with Gasteiger partial charge in [0.1, 0.15) is 5.75 Å². The largest absolute Gasteiger partial charge is 0.497 e. The van der Waals surface area contributed by atoms with Crippen LogP contribution >= 0.6 is 0 Å². The summed E-state index contributed by atoms with van der Waals surface area (Å²) in [7, 11) is 5.44. The first-order valence-electron chi connectivity index (χ1n) is 9.95. The molecule has 0 radical (unpaired) electrons. The molecule has 27 heavy (non-hydrogen) atoms. The van der Waals surface area contributed by atoms with Crippen LogP contribution in [-0.4, -0.2) is 57.3 Å². The van der Waals surface area contributed by atoms with Crippen LogP contribution in [-0.2, 0) is 14.9 Å². The van der Waals surface area contributed by atoms with E-state index in [0.29, 0.717) is 12.1 Å². The number of esters is 1. The molecule has 2 saturated heterocycles. The minimum Gasteiger partial charge on any atom is -0.497 e. The molecule has 4 aliphatic rings. The maximum Gasteiger partial charge on any atom is 0.310 e. The summed E-state index contributed by atoms with van der Waals surface area (Å²) in [5, 5.41) is 0. The third-order valence-electron chi connectivity index (χ3n) is 7.82. The van der Waals surface area contributed by atoms with Gasteiger partial charge in [-0.25, -0.2) is 0 Å². The normalized spacial score (nSPS) is 37.9. The van der Waals surface area contributed by atoms with E-state index >= 15 is 0 Å². The van der Waals surface area contributed by atoms with Crippen molar-refractivity contribution in [2.75, 3.05) is 39.3 Å². The number of benzene rings is 1. The number of hydrogen-bond donors (Lipinski definition) is 0. The Balaban J connectivity index is 1.76. The Labute approximate surface area is 160 Å². The molecule has 5 nitrogen and oxygen atoms in total. The molecular weight excluding hydrogens is 340 g/mol. The molecule has 3 heterocycles. The predicted molar refractivity (Wildman–Crippen MR) is 104 cm³/mol. The Hall–Kier alpha value is -2.01. The zero-order chi connectivity index (χ0) is 18.9. The average Bonchev–Trinajstić information content (AvgIpc) is 2.96. The zero-order valence-electron chi connectivity index (χ0n) is 16.6. The van der Waals surface area contributed by atoms with E-state index in [9.17, 15) is 4.79 Å². The van der Waals surface area contributed by atoms with Gasteiger partial charge in [-0.05, 0) is 43.9 Å². The average molecular weight is 368 g/mol. The van der Waals surface area contributed by atoms with Gasteiger partial charge < -0.3 is 14.4 Å². The second-order valence-corrected chi connectivity index (χ2v) is 8.47. The van der Waals surface area contributed by atoms with Crippen molar-refractivity contribution in [1.29, 1.82) is 0 Å². The van der Waals surface area contributed by atoms with E-state index in [-0.39, 0.29) is 23.2 Å². The number of piperidine rings is 2. The van der Waals surface area contributed by atoms with E-state index in [1.54, 1.807) is 14.2 Å². The maximum atomic E-state index is 13.2. The van der Waals surface area contributed by atoms with Gasteiger partial charge in [0.15, 0.2) is 0 Å². The summed E-state index contributed by atoms with van der Waals surface area (Å²) in [5.74, 6) is 0.989. The summed E-state index contributed by atoms with van der Waals surface area (Å²) in [5.41, 5.74) is 3.74. The molecule has 3 aliphatic heterocycles. The Morgan fingerprint density at radius 1 is 1.33 bits per heavy atom. The lowest BCUT2D eigenvalue weighted by Gasteiger charge is -2.63. The van der Waals surface area contributed by atoms with Crippen molar-refractivity contribution < 1.29 is 14.3 Å². The fraction of sp³-hybridized carbons (Fsp3) is 0.591. The lowest BCUT2D eigenvalue weighted by atomic mass is 9.50. The van der Waals surface area contributed by atoms with Gasteiger partial charge in [-0.2, -0.15) is 0 Å². The molecule has 5 heteroatoms. The van der Waals surface area contributed by atoms with Crippen molar-refractivity contribution in [2.24, 2.45) is 11.8 Å². The van der Waals surface area contributed by atoms with Crippen LogP contribution in [0.1, 0.15) is 25.3 Å². The number of ether oxygens (including phenoxy) is 2.